The third-order valence-corrected chi connectivity index (χ3v) is 5.67. The Bertz CT molecular complexity index is 1310. The first-order valence-corrected chi connectivity index (χ1v) is 11.8. The predicted molar refractivity (Wildman–Crippen MR) is 144 cm³/mol. The van der Waals surface area contributed by atoms with Crippen molar-refractivity contribution in [1.82, 2.24) is 4.57 Å². The molecular formula is C29H27Cl2NO. The molecule has 168 valence electrons. The fourth-order valence-electron chi connectivity index (χ4n) is 3.77. The number of aromatic nitrogens is 1. The van der Waals surface area contributed by atoms with E-state index in [0.717, 1.165) is 16.7 Å². The van der Waals surface area contributed by atoms with Gasteiger partial charge in [0, 0.05) is 32.6 Å². The van der Waals surface area contributed by atoms with Gasteiger partial charge in [-0.1, -0.05) is 79.5 Å². The zero-order chi connectivity index (χ0) is 24.0. The van der Waals surface area contributed by atoms with Gasteiger partial charge in [-0.2, -0.15) is 0 Å². The molecule has 0 radical (unpaired) electrons. The molecule has 0 amide bonds. The van der Waals surface area contributed by atoms with Crippen LogP contribution in [0, 0.1) is 0 Å². The van der Waals surface area contributed by atoms with Gasteiger partial charge in [0.05, 0.1) is 16.1 Å². The van der Waals surface area contributed by atoms with Crippen molar-refractivity contribution in [2.24, 2.45) is 0 Å². The van der Waals surface area contributed by atoms with Gasteiger partial charge in [-0.05, 0) is 62.4 Å². The van der Waals surface area contributed by atoms with E-state index in [1.54, 1.807) is 32.1 Å². The van der Waals surface area contributed by atoms with Crippen LogP contribution in [0.4, 0.5) is 0 Å². The van der Waals surface area contributed by atoms with E-state index in [9.17, 15) is 4.79 Å². The highest BCUT2D eigenvalue weighted by atomic mass is 35.5. The second-order valence-corrected chi connectivity index (χ2v) is 8.22. The molecule has 4 rings (SSSR count). The molecule has 0 fully saturated rings. The number of hydrogen-bond donors (Lipinski definition) is 0. The summed E-state index contributed by atoms with van der Waals surface area (Å²) < 4.78 is 2.22. The van der Waals surface area contributed by atoms with Crippen LogP contribution in [0.15, 0.2) is 107 Å². The smallest absolute Gasteiger partial charge is 0.194 e. The van der Waals surface area contributed by atoms with Crippen molar-refractivity contribution in [2.75, 3.05) is 0 Å². The zero-order valence-corrected chi connectivity index (χ0v) is 20.8. The molecule has 4 aromatic rings. The number of benzene rings is 3. The molecule has 2 nitrogen and oxygen atoms in total. The molecule has 0 saturated heterocycles. The minimum atomic E-state index is -0.127. The first-order valence-electron chi connectivity index (χ1n) is 11.0. The molecule has 0 N–H and O–H groups in total. The van der Waals surface area contributed by atoms with Crippen LogP contribution in [0.3, 0.4) is 0 Å². The number of carbonyl (C=O) groups is 1. The average Bonchev–Trinajstić information content (AvgIpc) is 3.19. The molecule has 0 spiro atoms. The molecule has 0 bridgehead atoms. The van der Waals surface area contributed by atoms with Crippen molar-refractivity contribution in [1.29, 1.82) is 0 Å². The van der Waals surface area contributed by atoms with Crippen LogP contribution >= 0.6 is 23.2 Å². The Morgan fingerprint density at radius 2 is 1.30 bits per heavy atom. The Labute approximate surface area is 205 Å². The number of ketones is 1. The molecule has 3 aromatic carbocycles. The lowest BCUT2D eigenvalue weighted by Crippen LogP contribution is -2.04. The van der Waals surface area contributed by atoms with Gasteiger partial charge in [0.2, 0.25) is 0 Å². The number of para-hydroxylation sites is 2. The van der Waals surface area contributed by atoms with Crippen molar-refractivity contribution in [3.63, 3.8) is 0 Å². The summed E-state index contributed by atoms with van der Waals surface area (Å²) in [6.45, 7) is 7.56. The van der Waals surface area contributed by atoms with E-state index >= 15 is 0 Å². The molecule has 0 atom stereocenters. The minimum Gasteiger partial charge on any atom is -0.309 e. The average molecular weight is 476 g/mol. The van der Waals surface area contributed by atoms with Gasteiger partial charge in [0.25, 0.3) is 0 Å². The van der Waals surface area contributed by atoms with E-state index in [-0.39, 0.29) is 5.78 Å². The number of halogens is 2. The molecule has 0 unspecified atom stereocenters. The van der Waals surface area contributed by atoms with E-state index in [0.29, 0.717) is 21.2 Å². The quantitative estimate of drug-likeness (QED) is 0.160. The molecule has 33 heavy (non-hydrogen) atoms. The highest BCUT2D eigenvalue weighted by molar-refractivity contribution is 6.37. The van der Waals surface area contributed by atoms with Gasteiger partial charge in [-0.3, -0.25) is 4.79 Å². The van der Waals surface area contributed by atoms with Gasteiger partial charge in [-0.15, -0.1) is 0 Å². The third kappa shape index (κ3) is 5.13. The monoisotopic (exact) mass is 475 g/mol. The number of fused-ring (bicyclic) bond motifs is 3. The second-order valence-electron chi connectivity index (χ2n) is 7.22. The summed E-state index contributed by atoms with van der Waals surface area (Å²) in [6.07, 6.45) is 5.04. The maximum absolute atomic E-state index is 13.0. The number of allylic oxidation sites excluding steroid dienone is 6. The van der Waals surface area contributed by atoms with Gasteiger partial charge in [-0.25, -0.2) is 0 Å². The fourth-order valence-corrected chi connectivity index (χ4v) is 4.09. The van der Waals surface area contributed by atoms with E-state index < -0.39 is 0 Å². The van der Waals surface area contributed by atoms with Crippen LogP contribution in [0.1, 0.15) is 38.1 Å². The lowest BCUT2D eigenvalue weighted by molar-refractivity contribution is 0.103. The Hall–Kier alpha value is -3.07. The maximum atomic E-state index is 13.0. The highest BCUT2D eigenvalue weighted by Crippen LogP contribution is 2.32. The lowest BCUT2D eigenvalue weighted by atomic mass is 10.0. The number of rotatable bonds is 5. The second kappa shape index (κ2) is 11.2. The standard InChI is InChI=1S/C27H21Cl2NO.C2H6/c1-3-21(24(29)17-12-18(2)28)27(31)19-13-15-20(16-14-19)30-25-10-6-4-8-22(25)23-9-5-7-11-26(23)30;1-2/h3-17H,1-2H3;1-2H3/b18-12+,21-3+,24-17+;. The van der Waals surface area contributed by atoms with Gasteiger partial charge >= 0.3 is 0 Å². The predicted octanol–water partition coefficient (Wildman–Crippen LogP) is 9.20. The van der Waals surface area contributed by atoms with E-state index in [4.69, 9.17) is 23.2 Å². The van der Waals surface area contributed by atoms with Gasteiger partial charge in [0.1, 0.15) is 0 Å². The first kappa shape index (κ1) is 24.6. The molecule has 0 aliphatic heterocycles. The minimum absolute atomic E-state index is 0.127. The summed E-state index contributed by atoms with van der Waals surface area (Å²) in [5, 5.41) is 3.36. The first-order chi connectivity index (χ1) is 16.0. The summed E-state index contributed by atoms with van der Waals surface area (Å²) >= 11 is 12.2. The topological polar surface area (TPSA) is 22.0 Å². The Morgan fingerprint density at radius 1 is 0.788 bits per heavy atom. The summed E-state index contributed by atoms with van der Waals surface area (Å²) in [7, 11) is 0. The molecule has 1 aromatic heterocycles. The van der Waals surface area contributed by atoms with Crippen LogP contribution in [0.2, 0.25) is 0 Å². The lowest BCUT2D eigenvalue weighted by Gasteiger charge is -2.10. The Balaban J connectivity index is 0.00000149. The molecule has 1 heterocycles. The highest BCUT2D eigenvalue weighted by Gasteiger charge is 2.16. The molecule has 0 aliphatic carbocycles. The van der Waals surface area contributed by atoms with Crippen molar-refractivity contribution >= 4 is 50.8 Å². The normalized spacial score (nSPS) is 12.6. The fraction of sp³-hybridized carbons (Fsp3) is 0.138. The van der Waals surface area contributed by atoms with Gasteiger partial charge < -0.3 is 4.57 Å². The Morgan fingerprint density at radius 3 is 1.79 bits per heavy atom. The summed E-state index contributed by atoms with van der Waals surface area (Å²) in [5.74, 6) is -0.127. The molecule has 0 saturated carbocycles. The van der Waals surface area contributed by atoms with Crippen molar-refractivity contribution in [2.45, 2.75) is 27.7 Å². The number of Topliss-reactive ketones (excluding diaryl/α,β-unsaturated/α-hetero) is 1. The van der Waals surface area contributed by atoms with E-state index in [1.165, 1.54) is 10.8 Å². The number of nitrogens with zero attached hydrogens (tertiary/aromatic N) is 1. The van der Waals surface area contributed by atoms with Crippen LogP contribution in [-0.2, 0) is 0 Å². The molecular weight excluding hydrogens is 449 g/mol. The SMILES string of the molecule is CC.C\C=C(C(=O)c1ccc(-n2c3ccccc3c3ccccc32)cc1)/C(Cl)=C\C=C(/C)Cl. The molecule has 4 heteroatoms. The zero-order valence-electron chi connectivity index (χ0n) is 19.3. The van der Waals surface area contributed by atoms with Crippen LogP contribution in [0.5, 0.6) is 0 Å². The largest absolute Gasteiger partial charge is 0.309 e. The van der Waals surface area contributed by atoms with Crippen molar-refractivity contribution in [3.8, 4) is 5.69 Å². The van der Waals surface area contributed by atoms with E-state index in [1.807, 2.05) is 50.2 Å². The summed E-state index contributed by atoms with van der Waals surface area (Å²) in [6, 6.07) is 24.3. The van der Waals surface area contributed by atoms with Crippen LogP contribution in [0.25, 0.3) is 27.5 Å². The van der Waals surface area contributed by atoms with Crippen molar-refractivity contribution in [3.05, 3.63) is 112 Å². The number of hydrogen-bond acceptors (Lipinski definition) is 1. The van der Waals surface area contributed by atoms with Crippen LogP contribution < -0.4 is 0 Å². The summed E-state index contributed by atoms with van der Waals surface area (Å²) in [4.78, 5) is 13.0. The Kier molecular flexibility index (Phi) is 8.32. The number of carbonyl (C=O) groups excluding carboxylic acids is 1. The van der Waals surface area contributed by atoms with Crippen LogP contribution in [-0.4, -0.2) is 10.4 Å². The van der Waals surface area contributed by atoms with Gasteiger partial charge in [0.15, 0.2) is 5.78 Å². The van der Waals surface area contributed by atoms with Crippen molar-refractivity contribution < 1.29 is 4.79 Å². The summed E-state index contributed by atoms with van der Waals surface area (Å²) in [5.41, 5.74) is 4.28. The van der Waals surface area contributed by atoms with E-state index in [2.05, 4.69) is 41.0 Å². The molecule has 0 aliphatic rings. The maximum Gasteiger partial charge on any atom is 0.194 e. The third-order valence-electron chi connectivity index (χ3n) is 5.22.